The van der Waals surface area contributed by atoms with Crippen molar-refractivity contribution < 1.29 is 17.9 Å². The molecule has 9 heteroatoms. The number of sulfonamides is 1. The fraction of sp³-hybridized carbons (Fsp3) is 0.342. The van der Waals surface area contributed by atoms with E-state index in [2.05, 4.69) is 43.0 Å². The average Bonchev–Trinajstić information content (AvgIpc) is 3.09. The zero-order valence-electron chi connectivity index (χ0n) is 27.4. The van der Waals surface area contributed by atoms with Crippen LogP contribution in [0.25, 0.3) is 0 Å². The van der Waals surface area contributed by atoms with E-state index in [9.17, 15) is 13.2 Å². The van der Waals surface area contributed by atoms with Crippen LogP contribution < -0.4 is 4.31 Å². The van der Waals surface area contributed by atoms with Gasteiger partial charge >= 0.3 is 6.09 Å². The number of rotatable bonds is 13. The van der Waals surface area contributed by atoms with Gasteiger partial charge in [0.1, 0.15) is 6.61 Å². The van der Waals surface area contributed by atoms with E-state index in [-0.39, 0.29) is 43.2 Å². The third-order valence-electron chi connectivity index (χ3n) is 8.61. The smallest absolute Gasteiger partial charge is 0.409 e. The number of carbonyl (C=O) groups excluding carboxylic acids is 1. The Morgan fingerprint density at radius 2 is 1.30 bits per heavy atom. The number of amides is 1. The number of nitrogens with zero attached hydrogens (tertiary/aromatic N) is 3. The topological polar surface area (TPSA) is 70.2 Å². The van der Waals surface area contributed by atoms with Crippen LogP contribution in [0.1, 0.15) is 49.8 Å². The molecule has 0 unspecified atom stereocenters. The Morgan fingerprint density at radius 1 is 0.787 bits per heavy atom. The number of aryl methyl sites for hydroxylation is 1. The zero-order valence-corrected chi connectivity index (χ0v) is 29.2. The summed E-state index contributed by atoms with van der Waals surface area (Å²) in [4.78, 5) is 17.6. The van der Waals surface area contributed by atoms with Crippen LogP contribution in [0.15, 0.2) is 120 Å². The number of para-hydroxylation sites is 1. The Balaban J connectivity index is 0.00000500. The summed E-state index contributed by atoms with van der Waals surface area (Å²) >= 11 is 0. The third kappa shape index (κ3) is 9.62. The molecule has 4 aromatic carbocycles. The first-order valence-corrected chi connectivity index (χ1v) is 17.7. The summed E-state index contributed by atoms with van der Waals surface area (Å²) < 4.78 is 35.5. The number of benzene rings is 4. The average molecular weight is 674 g/mol. The minimum Gasteiger partial charge on any atom is -0.448 e. The zero-order chi connectivity index (χ0) is 32.4. The van der Waals surface area contributed by atoms with Crippen LogP contribution >= 0.6 is 13.5 Å². The highest BCUT2D eigenvalue weighted by atomic mass is 32.2. The predicted octanol–water partition coefficient (Wildman–Crippen LogP) is 7.64. The summed E-state index contributed by atoms with van der Waals surface area (Å²) in [6.45, 7) is 6.78. The van der Waals surface area contributed by atoms with Gasteiger partial charge in [-0.1, -0.05) is 104 Å². The Labute approximate surface area is 287 Å². The van der Waals surface area contributed by atoms with Crippen molar-refractivity contribution in [3.63, 3.8) is 0 Å². The van der Waals surface area contributed by atoms with Crippen LogP contribution in [0.2, 0.25) is 0 Å². The van der Waals surface area contributed by atoms with Crippen molar-refractivity contribution in [3.05, 3.63) is 132 Å². The number of carbonyl (C=O) groups is 1. The van der Waals surface area contributed by atoms with Gasteiger partial charge in [0, 0.05) is 38.3 Å². The van der Waals surface area contributed by atoms with E-state index in [1.807, 2.05) is 78.9 Å². The molecule has 0 saturated carbocycles. The van der Waals surface area contributed by atoms with Crippen molar-refractivity contribution in [3.8, 4) is 0 Å². The van der Waals surface area contributed by atoms with E-state index in [4.69, 9.17) is 4.74 Å². The summed E-state index contributed by atoms with van der Waals surface area (Å²) in [5.74, 6) is 0. The lowest BCUT2D eigenvalue weighted by atomic mass is 10.0. The summed E-state index contributed by atoms with van der Waals surface area (Å²) in [6, 6.07) is 36.8. The second-order valence-corrected chi connectivity index (χ2v) is 13.9. The van der Waals surface area contributed by atoms with E-state index < -0.39 is 10.0 Å². The van der Waals surface area contributed by atoms with Gasteiger partial charge in [-0.05, 0) is 67.1 Å². The van der Waals surface area contributed by atoms with Gasteiger partial charge in [0.15, 0.2) is 0 Å². The molecule has 0 radical (unpaired) electrons. The standard InChI is InChI=1S/C38H45N3O4S.H2S/c1-3-13-32-20-22-37(23-21-32)46(43,44)41(35-18-11-6-12-19-35)36-24-26-39(27-25-36)38(42)45-30-31(2)40(28-33-14-7-4-8-15-33)29-34-16-9-5-10-17-34;/h4-12,14-23,31,36H,3,13,24-30H2,1-2H3;1H2/t31-;/m0./s1. The Hall–Kier alpha value is -3.79. The molecule has 1 heterocycles. The van der Waals surface area contributed by atoms with Crippen molar-refractivity contribution in [2.75, 3.05) is 24.0 Å². The highest BCUT2D eigenvalue weighted by Crippen LogP contribution is 2.31. The van der Waals surface area contributed by atoms with E-state index in [0.717, 1.165) is 31.5 Å². The number of ether oxygens (including phenoxy) is 1. The molecular weight excluding hydrogens is 627 g/mol. The second-order valence-electron chi connectivity index (χ2n) is 12.1. The molecule has 1 amide bonds. The van der Waals surface area contributed by atoms with Gasteiger partial charge in [-0.3, -0.25) is 9.21 Å². The molecule has 0 bridgehead atoms. The monoisotopic (exact) mass is 673 g/mol. The largest absolute Gasteiger partial charge is 0.448 e. The Bertz CT molecular complexity index is 1570. The molecule has 47 heavy (non-hydrogen) atoms. The fourth-order valence-electron chi connectivity index (χ4n) is 6.03. The number of hydrogen-bond acceptors (Lipinski definition) is 5. The molecular formula is C38H47N3O4S2. The summed E-state index contributed by atoms with van der Waals surface area (Å²) in [7, 11) is -3.81. The molecule has 7 nitrogen and oxygen atoms in total. The van der Waals surface area contributed by atoms with Gasteiger partial charge < -0.3 is 9.64 Å². The first-order valence-electron chi connectivity index (χ1n) is 16.3. The molecule has 1 saturated heterocycles. The van der Waals surface area contributed by atoms with Crippen LogP contribution in [-0.4, -0.2) is 56.1 Å². The minimum atomic E-state index is -3.81. The van der Waals surface area contributed by atoms with Crippen LogP contribution in [0.5, 0.6) is 0 Å². The Kier molecular flexibility index (Phi) is 13.3. The SMILES string of the molecule is CCCc1ccc(S(=O)(=O)N(c2ccccc2)C2CCN(C(=O)OC[C@H](C)N(Cc3ccccc3)Cc3ccccc3)CC2)cc1.S. The molecule has 1 aliphatic heterocycles. The maximum atomic E-state index is 14.0. The van der Waals surface area contributed by atoms with Crippen LogP contribution in [0.4, 0.5) is 10.5 Å². The number of likely N-dealkylation sites (tertiary alicyclic amines) is 1. The van der Waals surface area contributed by atoms with Crippen molar-refractivity contribution in [1.82, 2.24) is 9.80 Å². The second kappa shape index (κ2) is 17.4. The molecule has 1 fully saturated rings. The lowest BCUT2D eigenvalue weighted by Crippen LogP contribution is -2.49. The van der Waals surface area contributed by atoms with Crippen LogP contribution in [0.3, 0.4) is 0 Å². The minimum absolute atomic E-state index is 0. The van der Waals surface area contributed by atoms with Gasteiger partial charge in [0.25, 0.3) is 10.0 Å². The fourth-order valence-corrected chi connectivity index (χ4v) is 7.74. The third-order valence-corrected chi connectivity index (χ3v) is 10.5. The summed E-state index contributed by atoms with van der Waals surface area (Å²) in [5, 5.41) is 0. The highest BCUT2D eigenvalue weighted by Gasteiger charge is 2.35. The number of piperidine rings is 1. The molecule has 250 valence electrons. The molecule has 0 aliphatic carbocycles. The molecule has 0 N–H and O–H groups in total. The lowest BCUT2D eigenvalue weighted by Gasteiger charge is -2.38. The van der Waals surface area contributed by atoms with E-state index >= 15 is 0 Å². The van der Waals surface area contributed by atoms with Gasteiger partial charge in [0.05, 0.1) is 10.6 Å². The molecule has 5 rings (SSSR count). The Morgan fingerprint density at radius 3 is 1.81 bits per heavy atom. The van der Waals surface area contributed by atoms with E-state index in [1.165, 1.54) is 11.1 Å². The van der Waals surface area contributed by atoms with Crippen LogP contribution in [0, 0.1) is 0 Å². The van der Waals surface area contributed by atoms with Gasteiger partial charge in [-0.25, -0.2) is 13.2 Å². The van der Waals surface area contributed by atoms with Gasteiger partial charge in [0.2, 0.25) is 0 Å². The van der Waals surface area contributed by atoms with E-state index in [0.29, 0.717) is 31.6 Å². The molecule has 0 spiro atoms. The first-order chi connectivity index (χ1) is 22.3. The summed E-state index contributed by atoms with van der Waals surface area (Å²) in [6.07, 6.45) is 2.59. The molecule has 0 aromatic heterocycles. The molecule has 1 atom stereocenters. The number of anilines is 1. The first kappa shape index (κ1) is 36.1. The summed E-state index contributed by atoms with van der Waals surface area (Å²) in [5.41, 5.74) is 4.16. The van der Waals surface area contributed by atoms with Gasteiger partial charge in [-0.15, -0.1) is 0 Å². The van der Waals surface area contributed by atoms with Crippen molar-refractivity contribution in [2.24, 2.45) is 0 Å². The maximum Gasteiger partial charge on any atom is 0.409 e. The quantitative estimate of drug-likeness (QED) is 0.146. The van der Waals surface area contributed by atoms with Crippen molar-refractivity contribution in [2.45, 2.75) is 69.6 Å². The van der Waals surface area contributed by atoms with Crippen LogP contribution in [-0.2, 0) is 34.3 Å². The normalized spacial score (nSPS) is 14.3. The number of hydrogen-bond donors (Lipinski definition) is 0. The molecule has 4 aromatic rings. The molecule has 1 aliphatic rings. The van der Waals surface area contributed by atoms with E-state index in [1.54, 1.807) is 21.3 Å². The van der Waals surface area contributed by atoms with Crippen molar-refractivity contribution >= 4 is 35.3 Å². The van der Waals surface area contributed by atoms with Crippen molar-refractivity contribution in [1.29, 1.82) is 0 Å². The highest BCUT2D eigenvalue weighted by molar-refractivity contribution is 7.92. The predicted molar refractivity (Wildman–Crippen MR) is 194 cm³/mol. The van der Waals surface area contributed by atoms with Gasteiger partial charge in [-0.2, -0.15) is 13.5 Å². The lowest BCUT2D eigenvalue weighted by molar-refractivity contribution is 0.0592. The maximum absolute atomic E-state index is 14.0.